The molecule has 0 heterocycles. The van der Waals surface area contributed by atoms with Gasteiger partial charge in [0, 0.05) is 12.1 Å². The predicted molar refractivity (Wildman–Crippen MR) is 67.8 cm³/mol. The highest BCUT2D eigenvalue weighted by Crippen LogP contribution is 2.24. The van der Waals surface area contributed by atoms with Crippen molar-refractivity contribution in [3.8, 4) is 0 Å². The van der Waals surface area contributed by atoms with E-state index in [0.717, 1.165) is 16.7 Å². The summed E-state index contributed by atoms with van der Waals surface area (Å²) < 4.78 is 0. The van der Waals surface area contributed by atoms with Crippen LogP contribution in [0.5, 0.6) is 0 Å². The lowest BCUT2D eigenvalue weighted by Gasteiger charge is -2.23. The molecule has 2 atom stereocenters. The molecule has 0 saturated heterocycles. The third-order valence-corrected chi connectivity index (χ3v) is 2.94. The van der Waals surface area contributed by atoms with Gasteiger partial charge in [-0.05, 0) is 37.5 Å². The molecule has 0 amide bonds. The number of carbonyl (C=O) groups is 1. The second kappa shape index (κ2) is 5.29. The molecule has 1 rings (SSSR count). The average molecular weight is 236 g/mol. The van der Waals surface area contributed by atoms with E-state index in [-0.39, 0.29) is 6.42 Å². The molecule has 0 aromatic heterocycles. The number of nitrogens with two attached hydrogens (primary N) is 2. The minimum Gasteiger partial charge on any atom is -0.481 e. The first kappa shape index (κ1) is 13.7. The highest BCUT2D eigenvalue weighted by atomic mass is 16.4. The van der Waals surface area contributed by atoms with Crippen molar-refractivity contribution in [2.45, 2.75) is 39.3 Å². The molecule has 1 aromatic carbocycles. The van der Waals surface area contributed by atoms with E-state index >= 15 is 0 Å². The van der Waals surface area contributed by atoms with E-state index in [4.69, 9.17) is 16.6 Å². The minimum atomic E-state index is -0.921. The summed E-state index contributed by atoms with van der Waals surface area (Å²) in [6.45, 7) is 5.97. The summed E-state index contributed by atoms with van der Waals surface area (Å²) >= 11 is 0. The van der Waals surface area contributed by atoms with Gasteiger partial charge in [0.15, 0.2) is 0 Å². The zero-order valence-corrected chi connectivity index (χ0v) is 10.5. The molecule has 0 bridgehead atoms. The van der Waals surface area contributed by atoms with Crippen LogP contribution in [0.1, 0.15) is 34.7 Å². The Balaban J connectivity index is 3.03. The molecule has 94 valence electrons. The number of benzene rings is 1. The maximum absolute atomic E-state index is 10.6. The van der Waals surface area contributed by atoms with E-state index < -0.39 is 18.1 Å². The summed E-state index contributed by atoms with van der Waals surface area (Å²) in [7, 11) is 0. The molecule has 1 aromatic rings. The number of carboxylic acids is 1. The van der Waals surface area contributed by atoms with Crippen molar-refractivity contribution in [2.75, 3.05) is 0 Å². The van der Waals surface area contributed by atoms with Crippen molar-refractivity contribution < 1.29 is 9.90 Å². The number of aliphatic carboxylic acids is 1. The Bertz CT molecular complexity index is 406. The van der Waals surface area contributed by atoms with Crippen molar-refractivity contribution in [3.63, 3.8) is 0 Å². The van der Waals surface area contributed by atoms with Crippen molar-refractivity contribution in [3.05, 3.63) is 34.4 Å². The number of hydrogen-bond acceptors (Lipinski definition) is 3. The standard InChI is InChI=1S/C13H20N2O2/c1-7-4-8(2)12(9(3)5-7)13(15)10(14)6-11(16)17/h4-5,10,13H,6,14-15H2,1-3H3,(H,16,17). The summed E-state index contributed by atoms with van der Waals surface area (Å²) in [6.07, 6.45) is -0.117. The van der Waals surface area contributed by atoms with Crippen molar-refractivity contribution in [2.24, 2.45) is 11.5 Å². The number of hydrogen-bond donors (Lipinski definition) is 3. The third-order valence-electron chi connectivity index (χ3n) is 2.94. The van der Waals surface area contributed by atoms with Crippen LogP contribution in [0, 0.1) is 20.8 Å². The van der Waals surface area contributed by atoms with E-state index in [2.05, 4.69) is 0 Å². The van der Waals surface area contributed by atoms with Gasteiger partial charge in [-0.1, -0.05) is 17.7 Å². The van der Waals surface area contributed by atoms with Gasteiger partial charge in [0.1, 0.15) is 0 Å². The fourth-order valence-corrected chi connectivity index (χ4v) is 2.26. The van der Waals surface area contributed by atoms with Crippen LogP contribution in [0.15, 0.2) is 12.1 Å². The fourth-order valence-electron chi connectivity index (χ4n) is 2.26. The Hall–Kier alpha value is -1.39. The summed E-state index contributed by atoms with van der Waals surface area (Å²) in [4.78, 5) is 10.6. The zero-order chi connectivity index (χ0) is 13.2. The van der Waals surface area contributed by atoms with Crippen molar-refractivity contribution in [1.29, 1.82) is 0 Å². The van der Waals surface area contributed by atoms with Gasteiger partial charge >= 0.3 is 5.97 Å². The molecule has 0 spiro atoms. The summed E-state index contributed by atoms with van der Waals surface area (Å²) in [5, 5.41) is 8.73. The molecule has 0 saturated carbocycles. The molecule has 0 aliphatic rings. The molecule has 0 aliphatic carbocycles. The molecule has 4 heteroatoms. The molecule has 5 N–H and O–H groups in total. The summed E-state index contributed by atoms with van der Waals surface area (Å²) in [6, 6.07) is 3.07. The van der Waals surface area contributed by atoms with E-state index in [1.807, 2.05) is 32.9 Å². The molecule has 0 radical (unpaired) electrons. The first-order chi connectivity index (χ1) is 7.82. The van der Waals surface area contributed by atoms with E-state index in [1.165, 1.54) is 5.56 Å². The average Bonchev–Trinajstić information content (AvgIpc) is 2.14. The molecule has 4 nitrogen and oxygen atoms in total. The Morgan fingerprint density at radius 1 is 1.24 bits per heavy atom. The van der Waals surface area contributed by atoms with Gasteiger partial charge < -0.3 is 16.6 Å². The Labute approximate surface area is 102 Å². The van der Waals surface area contributed by atoms with Crippen LogP contribution in [0.4, 0.5) is 0 Å². The van der Waals surface area contributed by atoms with Gasteiger partial charge in [-0.15, -0.1) is 0 Å². The predicted octanol–water partition coefficient (Wildman–Crippen LogP) is 1.41. The lowest BCUT2D eigenvalue weighted by molar-refractivity contribution is -0.137. The van der Waals surface area contributed by atoms with Crippen molar-refractivity contribution >= 4 is 5.97 Å². The van der Waals surface area contributed by atoms with E-state index in [1.54, 1.807) is 0 Å². The molecule has 17 heavy (non-hydrogen) atoms. The largest absolute Gasteiger partial charge is 0.481 e. The van der Waals surface area contributed by atoms with E-state index in [0.29, 0.717) is 0 Å². The van der Waals surface area contributed by atoms with Crippen LogP contribution in [0.3, 0.4) is 0 Å². The molecule has 2 unspecified atom stereocenters. The monoisotopic (exact) mass is 236 g/mol. The maximum atomic E-state index is 10.6. The van der Waals surface area contributed by atoms with Crippen LogP contribution in [-0.4, -0.2) is 17.1 Å². The second-order valence-corrected chi connectivity index (χ2v) is 4.60. The van der Waals surface area contributed by atoms with E-state index in [9.17, 15) is 4.79 Å². The maximum Gasteiger partial charge on any atom is 0.304 e. The molecule has 0 fully saturated rings. The van der Waals surface area contributed by atoms with Gasteiger partial charge in [-0.3, -0.25) is 4.79 Å². The lowest BCUT2D eigenvalue weighted by atomic mass is 9.90. The van der Waals surface area contributed by atoms with Crippen LogP contribution < -0.4 is 11.5 Å². The van der Waals surface area contributed by atoms with Gasteiger partial charge in [-0.25, -0.2) is 0 Å². The van der Waals surface area contributed by atoms with Crippen LogP contribution in [-0.2, 0) is 4.79 Å². The summed E-state index contributed by atoms with van der Waals surface area (Å²) in [5.41, 5.74) is 16.1. The van der Waals surface area contributed by atoms with Gasteiger partial charge in [-0.2, -0.15) is 0 Å². The Morgan fingerprint density at radius 3 is 2.12 bits per heavy atom. The van der Waals surface area contributed by atoms with Gasteiger partial charge in [0.2, 0.25) is 0 Å². The Morgan fingerprint density at radius 2 is 1.71 bits per heavy atom. The molecular formula is C13H20N2O2. The first-order valence-corrected chi connectivity index (χ1v) is 5.63. The van der Waals surface area contributed by atoms with Crippen LogP contribution in [0.25, 0.3) is 0 Å². The fraction of sp³-hybridized carbons (Fsp3) is 0.462. The molecule has 0 aliphatic heterocycles. The first-order valence-electron chi connectivity index (χ1n) is 5.63. The lowest BCUT2D eigenvalue weighted by Crippen LogP contribution is -2.36. The second-order valence-electron chi connectivity index (χ2n) is 4.60. The number of carboxylic acid groups (broad SMARTS) is 1. The highest BCUT2D eigenvalue weighted by molar-refractivity contribution is 5.67. The normalized spacial score (nSPS) is 14.4. The van der Waals surface area contributed by atoms with Crippen LogP contribution >= 0.6 is 0 Å². The number of aryl methyl sites for hydroxylation is 3. The van der Waals surface area contributed by atoms with Gasteiger partial charge in [0.25, 0.3) is 0 Å². The SMILES string of the molecule is Cc1cc(C)c(C(N)C(N)CC(=O)O)c(C)c1. The minimum absolute atomic E-state index is 0.117. The highest BCUT2D eigenvalue weighted by Gasteiger charge is 2.21. The van der Waals surface area contributed by atoms with Gasteiger partial charge in [0.05, 0.1) is 6.42 Å². The smallest absolute Gasteiger partial charge is 0.304 e. The number of rotatable bonds is 4. The molecular weight excluding hydrogens is 216 g/mol. The quantitative estimate of drug-likeness (QED) is 0.737. The zero-order valence-electron chi connectivity index (χ0n) is 10.5. The van der Waals surface area contributed by atoms with Crippen molar-refractivity contribution in [1.82, 2.24) is 0 Å². The topological polar surface area (TPSA) is 89.3 Å². The van der Waals surface area contributed by atoms with Crippen LogP contribution in [0.2, 0.25) is 0 Å². The summed E-state index contributed by atoms with van der Waals surface area (Å²) in [5.74, 6) is -0.921. The Kier molecular flexibility index (Phi) is 4.26. The third kappa shape index (κ3) is 3.28.